The summed E-state index contributed by atoms with van der Waals surface area (Å²) in [5.74, 6) is -0.223. The lowest BCUT2D eigenvalue weighted by molar-refractivity contribution is 0.0600. The number of nitrogens with zero attached hydrogens (tertiary/aromatic N) is 2. The maximum Gasteiger partial charge on any atom is 0.337 e. The first-order valence-electron chi connectivity index (χ1n) is 7.12. The molecule has 0 aromatic carbocycles. The zero-order valence-corrected chi connectivity index (χ0v) is 12.5. The van der Waals surface area contributed by atoms with Gasteiger partial charge in [-0.25, -0.2) is 4.79 Å². The van der Waals surface area contributed by atoms with E-state index in [-0.39, 0.29) is 23.2 Å². The number of ether oxygens (including phenoxy) is 2. The quantitative estimate of drug-likeness (QED) is 0.864. The summed E-state index contributed by atoms with van der Waals surface area (Å²) in [5.41, 5.74) is 1.12. The monoisotopic (exact) mass is 313 g/mol. The maximum atomic E-state index is 12.4. The van der Waals surface area contributed by atoms with Crippen molar-refractivity contribution in [1.82, 2.24) is 15.3 Å². The van der Waals surface area contributed by atoms with E-state index in [1.165, 1.54) is 25.4 Å². The van der Waals surface area contributed by atoms with E-state index in [1.807, 2.05) is 6.07 Å². The molecule has 0 saturated carbocycles. The zero-order valence-electron chi connectivity index (χ0n) is 12.5. The van der Waals surface area contributed by atoms with Crippen molar-refractivity contribution >= 4 is 11.9 Å². The van der Waals surface area contributed by atoms with Gasteiger partial charge in [0.1, 0.15) is 17.1 Å². The molecule has 0 radical (unpaired) electrons. The second-order valence-corrected chi connectivity index (χ2v) is 4.97. The highest BCUT2D eigenvalue weighted by Crippen LogP contribution is 2.29. The van der Waals surface area contributed by atoms with Crippen LogP contribution in [-0.4, -0.2) is 35.6 Å². The normalized spacial score (nSPS) is 16.0. The highest BCUT2D eigenvalue weighted by Gasteiger charge is 2.25. The van der Waals surface area contributed by atoms with Crippen LogP contribution in [0.5, 0.6) is 5.75 Å². The predicted octanol–water partition coefficient (Wildman–Crippen LogP) is 1.52. The molecule has 1 aliphatic heterocycles. The fourth-order valence-corrected chi connectivity index (χ4v) is 2.38. The molecule has 7 nitrogen and oxygen atoms in total. The van der Waals surface area contributed by atoms with Crippen molar-refractivity contribution in [2.45, 2.75) is 12.5 Å². The Morgan fingerprint density at radius 1 is 1.30 bits per heavy atom. The topological polar surface area (TPSA) is 90.4 Å². The minimum absolute atomic E-state index is 0.150. The number of carbonyl (C=O) groups excluding carboxylic acids is 2. The van der Waals surface area contributed by atoms with Crippen molar-refractivity contribution in [1.29, 1.82) is 0 Å². The van der Waals surface area contributed by atoms with E-state index in [0.717, 1.165) is 0 Å². The maximum absolute atomic E-state index is 12.4. The summed E-state index contributed by atoms with van der Waals surface area (Å²) in [6.07, 6.45) is 3.67. The SMILES string of the molecule is COC(=O)c1ccnc(C(=O)NC2CCOc3cccnc32)c1. The number of rotatable bonds is 3. The summed E-state index contributed by atoms with van der Waals surface area (Å²) < 4.78 is 10.2. The number of amides is 1. The van der Waals surface area contributed by atoms with Crippen molar-refractivity contribution in [2.24, 2.45) is 0 Å². The molecule has 23 heavy (non-hydrogen) atoms. The minimum atomic E-state index is -0.514. The van der Waals surface area contributed by atoms with Crippen molar-refractivity contribution < 1.29 is 19.1 Å². The van der Waals surface area contributed by atoms with Crippen LogP contribution in [0.4, 0.5) is 0 Å². The van der Waals surface area contributed by atoms with E-state index in [1.54, 1.807) is 12.3 Å². The lowest BCUT2D eigenvalue weighted by Crippen LogP contribution is -2.33. The third kappa shape index (κ3) is 3.13. The first-order chi connectivity index (χ1) is 11.2. The van der Waals surface area contributed by atoms with Crippen LogP contribution in [-0.2, 0) is 4.74 Å². The van der Waals surface area contributed by atoms with E-state index in [0.29, 0.717) is 24.5 Å². The van der Waals surface area contributed by atoms with Crippen LogP contribution in [0, 0.1) is 0 Å². The van der Waals surface area contributed by atoms with Gasteiger partial charge in [-0.15, -0.1) is 0 Å². The number of methoxy groups -OCH3 is 1. The molecule has 1 unspecified atom stereocenters. The molecule has 2 aromatic rings. The Morgan fingerprint density at radius 2 is 2.17 bits per heavy atom. The summed E-state index contributed by atoms with van der Waals surface area (Å²) in [5, 5.41) is 2.88. The molecule has 3 rings (SSSR count). The summed E-state index contributed by atoms with van der Waals surface area (Å²) in [6, 6.07) is 6.24. The van der Waals surface area contributed by atoms with Gasteiger partial charge in [0, 0.05) is 18.8 Å². The standard InChI is InChI=1S/C16H15N3O4/c1-22-16(21)10-4-7-17-12(9-10)15(20)19-11-5-8-23-13-3-2-6-18-14(11)13/h2-4,6-7,9,11H,5,8H2,1H3,(H,19,20). The fourth-order valence-electron chi connectivity index (χ4n) is 2.38. The van der Waals surface area contributed by atoms with E-state index in [2.05, 4.69) is 20.0 Å². The number of fused-ring (bicyclic) bond motifs is 1. The van der Waals surface area contributed by atoms with Crippen molar-refractivity contribution in [3.05, 3.63) is 53.6 Å². The summed E-state index contributed by atoms with van der Waals surface area (Å²) in [6.45, 7) is 0.499. The van der Waals surface area contributed by atoms with Crippen LogP contribution >= 0.6 is 0 Å². The molecule has 7 heteroatoms. The first-order valence-corrected chi connectivity index (χ1v) is 7.12. The van der Waals surface area contributed by atoms with Crippen LogP contribution in [0.2, 0.25) is 0 Å². The molecule has 1 amide bonds. The lowest BCUT2D eigenvalue weighted by atomic mass is 10.1. The Kier molecular flexibility index (Phi) is 4.18. The Balaban J connectivity index is 1.79. The fraction of sp³-hybridized carbons (Fsp3) is 0.250. The molecule has 1 atom stereocenters. The van der Waals surface area contributed by atoms with E-state index in [4.69, 9.17) is 4.74 Å². The van der Waals surface area contributed by atoms with Crippen molar-refractivity contribution in [3.63, 3.8) is 0 Å². The Morgan fingerprint density at radius 3 is 3.00 bits per heavy atom. The molecule has 0 saturated heterocycles. The van der Waals surface area contributed by atoms with Crippen molar-refractivity contribution in [3.8, 4) is 5.75 Å². The van der Waals surface area contributed by atoms with Gasteiger partial charge >= 0.3 is 5.97 Å². The van der Waals surface area contributed by atoms with Crippen LogP contribution < -0.4 is 10.1 Å². The second kappa shape index (κ2) is 6.43. The minimum Gasteiger partial charge on any atom is -0.491 e. The van der Waals surface area contributed by atoms with Gasteiger partial charge in [0.15, 0.2) is 0 Å². The van der Waals surface area contributed by atoms with E-state index in [9.17, 15) is 9.59 Å². The van der Waals surface area contributed by atoms with Gasteiger partial charge in [0.25, 0.3) is 5.91 Å². The molecule has 1 N–H and O–H groups in total. The van der Waals surface area contributed by atoms with E-state index < -0.39 is 5.97 Å². The largest absolute Gasteiger partial charge is 0.491 e. The molecule has 0 bridgehead atoms. The summed E-state index contributed by atoms with van der Waals surface area (Å²) >= 11 is 0. The molecular formula is C16H15N3O4. The number of esters is 1. The van der Waals surface area contributed by atoms with Gasteiger partial charge in [0.05, 0.1) is 25.3 Å². The smallest absolute Gasteiger partial charge is 0.337 e. The van der Waals surface area contributed by atoms with Gasteiger partial charge in [-0.05, 0) is 24.3 Å². The number of hydrogen-bond donors (Lipinski definition) is 1. The highest BCUT2D eigenvalue weighted by molar-refractivity contribution is 5.96. The molecule has 2 aromatic heterocycles. The summed E-state index contributed by atoms with van der Waals surface area (Å²) in [4.78, 5) is 32.2. The molecule has 0 aliphatic carbocycles. The lowest BCUT2D eigenvalue weighted by Gasteiger charge is -2.25. The third-order valence-corrected chi connectivity index (χ3v) is 3.51. The van der Waals surface area contributed by atoms with Crippen LogP contribution in [0.3, 0.4) is 0 Å². The Labute approximate surface area is 132 Å². The van der Waals surface area contributed by atoms with Gasteiger partial charge < -0.3 is 14.8 Å². The third-order valence-electron chi connectivity index (χ3n) is 3.51. The first kappa shape index (κ1) is 15.0. The predicted molar refractivity (Wildman–Crippen MR) is 80.1 cm³/mol. The van der Waals surface area contributed by atoms with Gasteiger partial charge in [-0.2, -0.15) is 0 Å². The Bertz CT molecular complexity index is 748. The molecular weight excluding hydrogens is 298 g/mol. The number of aromatic nitrogens is 2. The molecule has 1 aliphatic rings. The van der Waals surface area contributed by atoms with Gasteiger partial charge in [0.2, 0.25) is 0 Å². The second-order valence-electron chi connectivity index (χ2n) is 4.97. The number of hydrogen-bond acceptors (Lipinski definition) is 6. The average Bonchev–Trinajstić information content (AvgIpc) is 2.61. The van der Waals surface area contributed by atoms with Crippen molar-refractivity contribution in [2.75, 3.05) is 13.7 Å². The molecule has 0 fully saturated rings. The van der Waals surface area contributed by atoms with E-state index >= 15 is 0 Å². The number of nitrogens with one attached hydrogen (secondary N) is 1. The van der Waals surface area contributed by atoms with Crippen LogP contribution in [0.15, 0.2) is 36.7 Å². The van der Waals surface area contributed by atoms with Crippen LogP contribution in [0.25, 0.3) is 0 Å². The number of pyridine rings is 2. The zero-order chi connectivity index (χ0) is 16.2. The molecule has 3 heterocycles. The highest BCUT2D eigenvalue weighted by atomic mass is 16.5. The average molecular weight is 313 g/mol. The van der Waals surface area contributed by atoms with Crippen LogP contribution in [0.1, 0.15) is 39.0 Å². The Hall–Kier alpha value is -2.96. The summed E-state index contributed by atoms with van der Waals surface area (Å²) in [7, 11) is 1.28. The molecule has 118 valence electrons. The van der Waals surface area contributed by atoms with Gasteiger partial charge in [-0.1, -0.05) is 0 Å². The van der Waals surface area contributed by atoms with Gasteiger partial charge in [-0.3, -0.25) is 14.8 Å². The number of carbonyl (C=O) groups is 2. The molecule has 0 spiro atoms.